The van der Waals surface area contributed by atoms with Gasteiger partial charge in [0.2, 0.25) is 23.6 Å². The Labute approximate surface area is 293 Å². The Hall–Kier alpha value is -5.33. The summed E-state index contributed by atoms with van der Waals surface area (Å²) in [6.07, 6.45) is 6.34. The van der Waals surface area contributed by atoms with Crippen molar-refractivity contribution in [2.24, 2.45) is 0 Å². The van der Waals surface area contributed by atoms with Crippen LogP contribution >= 0.6 is 0 Å². The van der Waals surface area contributed by atoms with E-state index in [-0.39, 0.29) is 70.3 Å². The van der Waals surface area contributed by atoms with Gasteiger partial charge in [-0.3, -0.25) is 48.2 Å². The Bertz CT molecular complexity index is 1900. The normalized spacial score (nSPS) is 13.4. The maximum atomic E-state index is 12.7. The molecule has 0 aliphatic carbocycles. The minimum absolute atomic E-state index is 0.0418. The summed E-state index contributed by atoms with van der Waals surface area (Å²) in [5.41, 5.74) is 1.85. The zero-order chi connectivity index (χ0) is 36.8. The lowest BCUT2D eigenvalue weighted by atomic mass is 10.1. The fourth-order valence-corrected chi connectivity index (χ4v) is 5.81. The summed E-state index contributed by atoms with van der Waals surface area (Å²) in [6.45, 7) is 0.714. The van der Waals surface area contributed by atoms with Crippen LogP contribution in [0.4, 0.5) is 5.69 Å². The van der Waals surface area contributed by atoms with Crippen molar-refractivity contribution < 1.29 is 46.5 Å². The molecule has 0 radical (unpaired) electrons. The van der Waals surface area contributed by atoms with Crippen LogP contribution in [0.1, 0.15) is 38.5 Å². The smallest absolute Gasteiger partial charge is 0.267 e. The number of amides is 6. The van der Waals surface area contributed by atoms with Crippen molar-refractivity contribution >= 4 is 73.1 Å². The SMILES string of the molecule is O=C(CCCCNC(=O)C(CS(=O)(=O)O)NC(=O)CCCC(=O)Nc1ccnc2c1ccc1cccnc12)NCCOCCN1C(=O)C=CC1=O. The van der Waals surface area contributed by atoms with Gasteiger partial charge in [0.15, 0.2) is 0 Å². The number of ether oxygens (including phenoxy) is 1. The number of anilines is 1. The minimum atomic E-state index is -4.63. The lowest BCUT2D eigenvalue weighted by Gasteiger charge is -2.17. The quantitative estimate of drug-likeness (QED) is 0.0466. The zero-order valence-electron chi connectivity index (χ0n) is 27.6. The molecule has 1 unspecified atom stereocenters. The van der Waals surface area contributed by atoms with E-state index in [1.165, 1.54) is 12.2 Å². The van der Waals surface area contributed by atoms with Crippen molar-refractivity contribution in [3.05, 3.63) is 54.9 Å². The first-order valence-corrected chi connectivity index (χ1v) is 17.8. The molecule has 17 nitrogen and oxygen atoms in total. The largest absolute Gasteiger partial charge is 0.378 e. The molecule has 5 N–H and O–H groups in total. The van der Waals surface area contributed by atoms with Gasteiger partial charge in [-0.25, -0.2) is 0 Å². The summed E-state index contributed by atoms with van der Waals surface area (Å²) in [5.74, 6) is -3.99. The van der Waals surface area contributed by atoms with E-state index in [4.69, 9.17) is 4.74 Å². The molecule has 0 bridgehead atoms. The van der Waals surface area contributed by atoms with Crippen LogP contribution in [0.25, 0.3) is 21.8 Å². The number of imide groups is 1. The van der Waals surface area contributed by atoms with Crippen LogP contribution in [0.3, 0.4) is 0 Å². The molecular formula is C33H39N7O10S. The van der Waals surface area contributed by atoms with Crippen LogP contribution in [0.2, 0.25) is 0 Å². The third-order valence-electron chi connectivity index (χ3n) is 7.65. The molecule has 6 amide bonds. The molecule has 1 aliphatic heterocycles. The standard InChI is InChI=1S/C33H39N7O10S/c41-26(34-17-19-50-20-18-40-29(44)11-12-30(40)45)6-1-2-14-37-33(46)25(21-51(47,48)49)39-28(43)8-3-7-27(42)38-24-13-16-36-32-23(24)10-9-22-5-4-15-35-31(22)32/h4-5,9-13,15-16,25H,1-3,6-8,14,17-21H2,(H,34,41)(H,37,46)(H,39,43)(H,36,38,42)(H,47,48,49). The predicted molar refractivity (Wildman–Crippen MR) is 184 cm³/mol. The van der Waals surface area contributed by atoms with Crippen molar-refractivity contribution in [1.29, 1.82) is 0 Å². The molecule has 1 atom stereocenters. The maximum Gasteiger partial charge on any atom is 0.267 e. The highest BCUT2D eigenvalue weighted by Crippen LogP contribution is 2.27. The maximum absolute atomic E-state index is 12.7. The van der Waals surface area contributed by atoms with Gasteiger partial charge in [-0.15, -0.1) is 0 Å². The molecule has 1 aliphatic rings. The number of carbonyl (C=O) groups excluding carboxylic acids is 6. The molecule has 3 aromatic rings. The Morgan fingerprint density at radius 3 is 2.29 bits per heavy atom. The van der Waals surface area contributed by atoms with Crippen molar-refractivity contribution in [3.63, 3.8) is 0 Å². The van der Waals surface area contributed by atoms with Gasteiger partial charge in [0.05, 0.1) is 36.5 Å². The molecule has 0 saturated carbocycles. The number of unbranched alkanes of at least 4 members (excludes halogenated alkanes) is 1. The van der Waals surface area contributed by atoms with Crippen LogP contribution in [0.15, 0.2) is 54.9 Å². The Balaban J connectivity index is 1.11. The van der Waals surface area contributed by atoms with Gasteiger partial charge in [0.25, 0.3) is 21.9 Å². The molecule has 51 heavy (non-hydrogen) atoms. The molecular weight excluding hydrogens is 686 g/mol. The number of hydrogen-bond acceptors (Lipinski definition) is 11. The fraction of sp³-hybridized carbons (Fsp3) is 0.394. The van der Waals surface area contributed by atoms with Gasteiger partial charge in [-0.05, 0) is 37.5 Å². The van der Waals surface area contributed by atoms with Crippen molar-refractivity contribution in [2.75, 3.05) is 43.9 Å². The lowest BCUT2D eigenvalue weighted by Crippen LogP contribution is -2.50. The van der Waals surface area contributed by atoms with E-state index < -0.39 is 45.5 Å². The van der Waals surface area contributed by atoms with Crippen LogP contribution in [0.5, 0.6) is 0 Å². The average molecular weight is 726 g/mol. The summed E-state index contributed by atoms with van der Waals surface area (Å²) in [5, 5.41) is 11.9. The van der Waals surface area contributed by atoms with E-state index in [0.717, 1.165) is 10.3 Å². The number of hydrogen-bond donors (Lipinski definition) is 5. The number of fused-ring (bicyclic) bond motifs is 3. The summed E-state index contributed by atoms with van der Waals surface area (Å²) >= 11 is 0. The first kappa shape index (κ1) is 38.5. The monoisotopic (exact) mass is 725 g/mol. The highest BCUT2D eigenvalue weighted by atomic mass is 32.2. The fourth-order valence-electron chi connectivity index (χ4n) is 5.15. The number of nitrogens with one attached hydrogen (secondary N) is 4. The van der Waals surface area contributed by atoms with Gasteiger partial charge >= 0.3 is 0 Å². The summed E-state index contributed by atoms with van der Waals surface area (Å²) in [6, 6.07) is 7.51. The molecule has 272 valence electrons. The highest BCUT2D eigenvalue weighted by Gasteiger charge is 2.26. The molecule has 1 aromatic carbocycles. The molecule has 3 heterocycles. The van der Waals surface area contributed by atoms with E-state index in [0.29, 0.717) is 34.9 Å². The van der Waals surface area contributed by atoms with Gasteiger partial charge in [-0.2, -0.15) is 8.42 Å². The Morgan fingerprint density at radius 1 is 0.804 bits per heavy atom. The number of rotatable bonds is 20. The van der Waals surface area contributed by atoms with Crippen LogP contribution in [0, 0.1) is 0 Å². The molecule has 18 heteroatoms. The number of pyridine rings is 2. The third-order valence-corrected chi connectivity index (χ3v) is 8.41. The average Bonchev–Trinajstić information content (AvgIpc) is 3.41. The van der Waals surface area contributed by atoms with E-state index >= 15 is 0 Å². The number of aromatic nitrogens is 2. The van der Waals surface area contributed by atoms with Crippen molar-refractivity contribution in [2.45, 2.75) is 44.6 Å². The van der Waals surface area contributed by atoms with E-state index in [9.17, 15) is 41.7 Å². The topological polar surface area (TPSA) is 243 Å². The van der Waals surface area contributed by atoms with Crippen molar-refractivity contribution in [1.82, 2.24) is 30.8 Å². The predicted octanol–water partition coefficient (Wildman–Crippen LogP) is 0.609. The Morgan fingerprint density at radius 2 is 1.53 bits per heavy atom. The second-order valence-electron chi connectivity index (χ2n) is 11.5. The minimum Gasteiger partial charge on any atom is -0.378 e. The van der Waals surface area contributed by atoms with E-state index in [1.807, 2.05) is 24.3 Å². The van der Waals surface area contributed by atoms with Gasteiger partial charge < -0.3 is 26.0 Å². The molecule has 2 aromatic heterocycles. The second kappa shape index (κ2) is 18.6. The molecule has 0 saturated heterocycles. The molecule has 4 rings (SSSR count). The Kier molecular flexibility index (Phi) is 14.0. The summed E-state index contributed by atoms with van der Waals surface area (Å²) in [4.78, 5) is 82.7. The lowest BCUT2D eigenvalue weighted by molar-refractivity contribution is -0.137. The van der Waals surface area contributed by atoms with Gasteiger partial charge in [-0.1, -0.05) is 12.1 Å². The number of nitrogens with zero attached hydrogens (tertiary/aromatic N) is 3. The van der Waals surface area contributed by atoms with Crippen LogP contribution in [-0.2, 0) is 43.6 Å². The summed E-state index contributed by atoms with van der Waals surface area (Å²) in [7, 11) is -4.63. The molecule has 0 fully saturated rings. The summed E-state index contributed by atoms with van der Waals surface area (Å²) < 4.78 is 37.7. The first-order chi connectivity index (χ1) is 24.4. The van der Waals surface area contributed by atoms with Gasteiger partial charge in [0.1, 0.15) is 11.8 Å². The second-order valence-corrected chi connectivity index (χ2v) is 13.0. The van der Waals surface area contributed by atoms with Gasteiger partial charge in [0, 0.05) is 67.7 Å². The van der Waals surface area contributed by atoms with E-state index in [1.54, 1.807) is 18.5 Å². The number of benzene rings is 1. The van der Waals surface area contributed by atoms with Crippen molar-refractivity contribution in [3.8, 4) is 0 Å². The number of carbonyl (C=O) groups is 6. The van der Waals surface area contributed by atoms with E-state index in [2.05, 4.69) is 31.2 Å². The van der Waals surface area contributed by atoms with Crippen LogP contribution < -0.4 is 21.3 Å². The third kappa shape index (κ3) is 12.2. The first-order valence-electron chi connectivity index (χ1n) is 16.2. The molecule has 0 spiro atoms. The zero-order valence-corrected chi connectivity index (χ0v) is 28.4. The highest BCUT2D eigenvalue weighted by molar-refractivity contribution is 7.85. The van der Waals surface area contributed by atoms with Crippen LogP contribution in [-0.4, -0.2) is 108 Å².